The van der Waals surface area contributed by atoms with Crippen molar-refractivity contribution in [3.8, 4) is 50.2 Å². The van der Waals surface area contributed by atoms with Gasteiger partial charge in [-0.15, -0.1) is 0 Å². The SMILES string of the molecule is c1ccc(-c2ccc(C(c3cccc4c3C3(c5ccccc5-c5ccccc53)c3ccccc3-4)c3cccc4oc5ccc(-c6ccc7c(c6)c6ccccc6n7-c6ccccc6)cc5c34)cc2)cc1. The Morgan fingerprint density at radius 2 is 0.871 bits per heavy atom. The van der Waals surface area contributed by atoms with Crippen molar-refractivity contribution in [2.75, 3.05) is 0 Å². The zero-order valence-corrected chi connectivity index (χ0v) is 38.2. The molecule has 326 valence electrons. The van der Waals surface area contributed by atoms with Crippen LogP contribution in [0.4, 0.5) is 0 Å². The zero-order chi connectivity index (χ0) is 45.9. The smallest absolute Gasteiger partial charge is 0.135 e. The van der Waals surface area contributed by atoms with E-state index in [0.717, 1.165) is 33.2 Å². The average Bonchev–Trinajstić information content (AvgIpc) is 4.16. The van der Waals surface area contributed by atoms with Gasteiger partial charge in [0.1, 0.15) is 11.2 Å². The summed E-state index contributed by atoms with van der Waals surface area (Å²) < 4.78 is 9.27. The van der Waals surface area contributed by atoms with E-state index in [-0.39, 0.29) is 5.92 Å². The van der Waals surface area contributed by atoms with Crippen molar-refractivity contribution in [3.63, 3.8) is 0 Å². The third-order valence-electron chi connectivity index (χ3n) is 15.6. The molecule has 13 aromatic rings. The molecule has 0 N–H and O–H groups in total. The van der Waals surface area contributed by atoms with Crippen LogP contribution in [0.1, 0.15) is 44.9 Å². The van der Waals surface area contributed by atoms with Crippen LogP contribution < -0.4 is 0 Å². The Balaban J connectivity index is 0.982. The average molecular weight is 890 g/mol. The Bertz CT molecular complexity index is 4170. The van der Waals surface area contributed by atoms with Crippen molar-refractivity contribution in [3.05, 3.63) is 294 Å². The molecular formula is C68H43NO. The minimum absolute atomic E-state index is 0.153. The highest BCUT2D eigenvalue weighted by Gasteiger charge is 2.53. The second-order valence-corrected chi connectivity index (χ2v) is 19.0. The number of hydrogen-bond donors (Lipinski definition) is 0. The van der Waals surface area contributed by atoms with E-state index in [1.54, 1.807) is 0 Å². The molecule has 0 bridgehead atoms. The van der Waals surface area contributed by atoms with Crippen LogP contribution >= 0.6 is 0 Å². The zero-order valence-electron chi connectivity index (χ0n) is 38.2. The van der Waals surface area contributed by atoms with Crippen molar-refractivity contribution in [1.29, 1.82) is 0 Å². The Kier molecular flexibility index (Phi) is 8.38. The maximum atomic E-state index is 6.89. The highest BCUT2D eigenvalue weighted by molar-refractivity contribution is 6.12. The minimum Gasteiger partial charge on any atom is -0.456 e. The van der Waals surface area contributed by atoms with Gasteiger partial charge >= 0.3 is 0 Å². The summed E-state index contributed by atoms with van der Waals surface area (Å²) in [5, 5.41) is 4.73. The predicted molar refractivity (Wildman–Crippen MR) is 289 cm³/mol. The largest absolute Gasteiger partial charge is 0.456 e. The van der Waals surface area contributed by atoms with Crippen LogP contribution in [0.25, 0.3) is 93.9 Å². The van der Waals surface area contributed by atoms with Crippen LogP contribution in [0.2, 0.25) is 0 Å². The summed E-state index contributed by atoms with van der Waals surface area (Å²) in [6, 6.07) is 94.4. The van der Waals surface area contributed by atoms with Gasteiger partial charge in [0.2, 0.25) is 0 Å². The summed E-state index contributed by atoms with van der Waals surface area (Å²) in [5.74, 6) is -0.153. The third kappa shape index (κ3) is 5.44. The number of para-hydroxylation sites is 2. The van der Waals surface area contributed by atoms with Crippen molar-refractivity contribution < 1.29 is 4.42 Å². The molecule has 0 saturated heterocycles. The molecule has 2 aliphatic carbocycles. The number of hydrogen-bond acceptors (Lipinski definition) is 1. The number of fused-ring (bicyclic) bond motifs is 16. The van der Waals surface area contributed by atoms with Gasteiger partial charge in [-0.1, -0.05) is 206 Å². The summed E-state index contributed by atoms with van der Waals surface area (Å²) in [5.41, 5.74) is 23.9. The normalized spacial score (nSPS) is 13.5. The topological polar surface area (TPSA) is 18.1 Å². The maximum absolute atomic E-state index is 6.89. The molecule has 70 heavy (non-hydrogen) atoms. The monoisotopic (exact) mass is 889 g/mol. The standard InChI is InChI=1S/C68H43NO/c1-3-17-43(18-4-1)44-33-35-45(36-34-44)65(55-27-15-25-53-51-23-9-13-30-60(51)68(67(53)55)58-28-11-7-21-49(58)50-22-8-12-29-59(50)68)54-26-16-32-64-66(54)57-42-47(38-40-63(57)70-64)46-37-39-62-56(41-46)52-24-10-14-31-61(52)69(62)48-19-5-2-6-20-48/h1-42,65H. The lowest BCUT2D eigenvalue weighted by Gasteiger charge is -2.34. The van der Waals surface area contributed by atoms with Gasteiger partial charge in [0.05, 0.1) is 16.4 Å². The molecule has 2 heterocycles. The van der Waals surface area contributed by atoms with E-state index in [1.165, 1.54) is 99.7 Å². The van der Waals surface area contributed by atoms with Crippen molar-refractivity contribution in [1.82, 2.24) is 4.57 Å². The Hall–Kier alpha value is -8.98. The predicted octanol–water partition coefficient (Wildman–Crippen LogP) is 17.5. The second kappa shape index (κ2) is 15.0. The number of furan rings is 1. The molecule has 2 heteroatoms. The molecular weight excluding hydrogens is 847 g/mol. The first-order chi connectivity index (χ1) is 34.7. The molecule has 2 nitrogen and oxygen atoms in total. The highest BCUT2D eigenvalue weighted by atomic mass is 16.3. The molecule has 11 aromatic carbocycles. The molecule has 0 aliphatic heterocycles. The van der Waals surface area contributed by atoms with Crippen LogP contribution in [-0.4, -0.2) is 4.57 Å². The third-order valence-corrected chi connectivity index (χ3v) is 15.6. The number of aromatic nitrogens is 1. The highest BCUT2D eigenvalue weighted by Crippen LogP contribution is 2.64. The van der Waals surface area contributed by atoms with Crippen LogP contribution in [0.3, 0.4) is 0 Å². The second-order valence-electron chi connectivity index (χ2n) is 19.0. The number of nitrogens with zero attached hydrogens (tertiary/aromatic N) is 1. The maximum Gasteiger partial charge on any atom is 0.135 e. The molecule has 15 rings (SSSR count). The van der Waals surface area contributed by atoms with Gasteiger partial charge in [-0.3, -0.25) is 0 Å². The Labute approximate surface area is 406 Å². The number of rotatable bonds is 6. The first-order valence-corrected chi connectivity index (χ1v) is 24.4. The molecule has 1 atom stereocenters. The van der Waals surface area contributed by atoms with Crippen molar-refractivity contribution >= 4 is 43.7 Å². The molecule has 2 aromatic heterocycles. The first-order valence-electron chi connectivity index (χ1n) is 24.4. The summed E-state index contributed by atoms with van der Waals surface area (Å²) in [4.78, 5) is 0. The Morgan fingerprint density at radius 1 is 0.343 bits per heavy atom. The molecule has 2 aliphatic rings. The summed E-state index contributed by atoms with van der Waals surface area (Å²) in [6.07, 6.45) is 0. The minimum atomic E-state index is -0.514. The van der Waals surface area contributed by atoms with E-state index in [0.29, 0.717) is 0 Å². The van der Waals surface area contributed by atoms with E-state index in [1.807, 2.05) is 0 Å². The molecule has 0 radical (unpaired) electrons. The van der Waals surface area contributed by atoms with Crippen LogP contribution in [0.5, 0.6) is 0 Å². The van der Waals surface area contributed by atoms with Gasteiger partial charge in [0, 0.05) is 33.2 Å². The molecule has 0 amide bonds. The fraction of sp³-hybridized carbons (Fsp3) is 0.0294. The van der Waals surface area contributed by atoms with E-state index < -0.39 is 5.41 Å². The number of benzene rings is 11. The fourth-order valence-corrected chi connectivity index (χ4v) is 12.7. The van der Waals surface area contributed by atoms with Crippen LogP contribution in [-0.2, 0) is 5.41 Å². The van der Waals surface area contributed by atoms with Gasteiger partial charge in [-0.2, -0.15) is 0 Å². The van der Waals surface area contributed by atoms with E-state index in [9.17, 15) is 0 Å². The van der Waals surface area contributed by atoms with E-state index in [2.05, 4.69) is 259 Å². The summed E-state index contributed by atoms with van der Waals surface area (Å²) in [6.45, 7) is 0. The lowest BCUT2D eigenvalue weighted by Crippen LogP contribution is -2.28. The first kappa shape index (κ1) is 39.1. The van der Waals surface area contributed by atoms with Gasteiger partial charge in [-0.25, -0.2) is 0 Å². The summed E-state index contributed by atoms with van der Waals surface area (Å²) in [7, 11) is 0. The summed E-state index contributed by atoms with van der Waals surface area (Å²) >= 11 is 0. The lowest BCUT2D eigenvalue weighted by atomic mass is 9.67. The lowest BCUT2D eigenvalue weighted by molar-refractivity contribution is 0.668. The van der Waals surface area contributed by atoms with Gasteiger partial charge in [-0.05, 0) is 132 Å². The molecule has 0 fully saturated rings. The van der Waals surface area contributed by atoms with Gasteiger partial charge < -0.3 is 8.98 Å². The van der Waals surface area contributed by atoms with Crippen LogP contribution in [0, 0.1) is 0 Å². The van der Waals surface area contributed by atoms with E-state index >= 15 is 0 Å². The van der Waals surface area contributed by atoms with Gasteiger partial charge in [0.15, 0.2) is 0 Å². The fourth-order valence-electron chi connectivity index (χ4n) is 12.7. The Morgan fingerprint density at radius 3 is 1.60 bits per heavy atom. The molecule has 0 saturated carbocycles. The van der Waals surface area contributed by atoms with Crippen molar-refractivity contribution in [2.24, 2.45) is 0 Å². The molecule has 1 unspecified atom stereocenters. The molecule has 1 spiro atoms. The van der Waals surface area contributed by atoms with Gasteiger partial charge in [0.25, 0.3) is 0 Å². The van der Waals surface area contributed by atoms with E-state index in [4.69, 9.17) is 4.42 Å². The quantitative estimate of drug-likeness (QED) is 0.152. The van der Waals surface area contributed by atoms with Crippen LogP contribution in [0.15, 0.2) is 259 Å². The van der Waals surface area contributed by atoms with Crippen molar-refractivity contribution in [2.45, 2.75) is 11.3 Å².